The molecule has 2 heterocycles. The molecule has 9 heteroatoms. The minimum absolute atomic E-state index is 0.0733. The van der Waals surface area contributed by atoms with E-state index in [2.05, 4.69) is 15.9 Å². The van der Waals surface area contributed by atoms with Gasteiger partial charge < -0.3 is 9.84 Å². The number of halogens is 1. The third-order valence-electron chi connectivity index (χ3n) is 10.2. The summed E-state index contributed by atoms with van der Waals surface area (Å²) in [5.74, 6) is -3.80. The van der Waals surface area contributed by atoms with Gasteiger partial charge in [-0.25, -0.2) is 4.90 Å². The number of phenolic OH excluding ortho intramolecular Hbond substituents is 1. The van der Waals surface area contributed by atoms with E-state index in [0.29, 0.717) is 22.1 Å². The van der Waals surface area contributed by atoms with E-state index in [0.717, 1.165) is 11.1 Å². The van der Waals surface area contributed by atoms with E-state index in [1.165, 1.54) is 16.9 Å². The van der Waals surface area contributed by atoms with Crippen molar-refractivity contribution in [2.24, 2.45) is 29.1 Å². The van der Waals surface area contributed by atoms with Crippen LogP contribution in [0.2, 0.25) is 0 Å². The van der Waals surface area contributed by atoms with Crippen LogP contribution < -0.4 is 9.64 Å². The van der Waals surface area contributed by atoms with Crippen LogP contribution in [-0.2, 0) is 25.7 Å². The summed E-state index contributed by atoms with van der Waals surface area (Å²) in [6.07, 6.45) is 2.67. The molecular weight excluding hydrogens is 624 g/mol. The van der Waals surface area contributed by atoms with Gasteiger partial charge in [0.25, 0.3) is 0 Å². The minimum Gasteiger partial charge on any atom is -0.503 e. The molecule has 0 unspecified atom stereocenters. The number of fused-ring (bicyclic) bond motifs is 4. The Morgan fingerprint density at radius 3 is 2.30 bits per heavy atom. The van der Waals surface area contributed by atoms with Gasteiger partial charge in [0.1, 0.15) is 0 Å². The van der Waals surface area contributed by atoms with Crippen LogP contribution in [0.1, 0.15) is 36.8 Å². The number of para-hydroxylation sites is 1. The number of amides is 4. The normalized spacial score (nSPS) is 29.3. The average Bonchev–Trinajstić information content (AvgIpc) is 3.38. The molecule has 1 saturated carbocycles. The smallest absolute Gasteiger partial charge is 0.241 e. The number of allylic oxidation sites excluding steroid dienone is 2. The number of aromatic hydroxyl groups is 1. The molecule has 4 aliphatic rings. The third-order valence-corrected chi connectivity index (χ3v) is 10.8. The van der Waals surface area contributed by atoms with Gasteiger partial charge in [-0.05, 0) is 77.0 Å². The lowest BCUT2D eigenvalue weighted by atomic mass is 9.51. The number of carbonyl (C=O) groups excluding carboxylic acids is 4. The highest BCUT2D eigenvalue weighted by atomic mass is 79.9. The number of anilines is 1. The number of hydrogen-bond acceptors (Lipinski definition) is 6. The van der Waals surface area contributed by atoms with Crippen molar-refractivity contribution in [2.45, 2.75) is 32.2 Å². The van der Waals surface area contributed by atoms with Gasteiger partial charge in [0.05, 0.1) is 47.0 Å². The highest BCUT2D eigenvalue weighted by molar-refractivity contribution is 9.10. The van der Waals surface area contributed by atoms with E-state index in [-0.39, 0.29) is 48.1 Å². The molecule has 4 amide bonds. The summed E-state index contributed by atoms with van der Waals surface area (Å²) in [6, 6.07) is 21.8. The third kappa shape index (κ3) is 4.01. The van der Waals surface area contributed by atoms with Crippen LogP contribution in [0.25, 0.3) is 0 Å². The van der Waals surface area contributed by atoms with Gasteiger partial charge in [0.15, 0.2) is 11.5 Å². The first-order chi connectivity index (χ1) is 21.2. The Bertz CT molecular complexity index is 1740. The molecule has 0 bridgehead atoms. The van der Waals surface area contributed by atoms with Crippen molar-refractivity contribution in [3.8, 4) is 11.5 Å². The van der Waals surface area contributed by atoms with Crippen LogP contribution in [-0.4, -0.2) is 40.7 Å². The summed E-state index contributed by atoms with van der Waals surface area (Å²) >= 11 is 3.44. The lowest BCUT2D eigenvalue weighted by molar-refractivity contribution is -0.141. The second-order valence-electron chi connectivity index (χ2n) is 12.3. The van der Waals surface area contributed by atoms with E-state index in [4.69, 9.17) is 4.74 Å². The fraction of sp³-hybridized carbons (Fsp3) is 0.314. The zero-order chi connectivity index (χ0) is 30.9. The van der Waals surface area contributed by atoms with Crippen molar-refractivity contribution in [2.75, 3.05) is 12.0 Å². The number of phenols is 1. The first-order valence-electron chi connectivity index (χ1n) is 14.8. The van der Waals surface area contributed by atoms with Crippen LogP contribution in [0.4, 0.5) is 5.69 Å². The molecule has 7 rings (SSSR count). The number of benzene rings is 3. The molecular formula is C35H31BrN2O6. The maximum Gasteiger partial charge on any atom is 0.241 e. The van der Waals surface area contributed by atoms with Crippen molar-refractivity contribution in [3.05, 3.63) is 100 Å². The molecule has 224 valence electrons. The number of nitrogens with zero attached hydrogens (tertiary/aromatic N) is 2. The van der Waals surface area contributed by atoms with Gasteiger partial charge in [-0.15, -0.1) is 0 Å². The molecule has 2 aliphatic heterocycles. The number of methoxy groups -OCH3 is 1. The highest BCUT2D eigenvalue weighted by Crippen LogP contribution is 2.64. The quantitative estimate of drug-likeness (QED) is 0.284. The largest absolute Gasteiger partial charge is 0.503 e. The molecule has 44 heavy (non-hydrogen) atoms. The zero-order valence-corrected chi connectivity index (χ0v) is 25.9. The molecule has 3 aromatic rings. The van der Waals surface area contributed by atoms with Gasteiger partial charge in [-0.2, -0.15) is 0 Å². The summed E-state index contributed by atoms with van der Waals surface area (Å²) in [7, 11) is 1.45. The van der Waals surface area contributed by atoms with E-state index in [1.54, 1.807) is 36.4 Å². The fourth-order valence-corrected chi connectivity index (χ4v) is 8.58. The first-order valence-corrected chi connectivity index (χ1v) is 15.5. The Labute approximate surface area is 263 Å². The van der Waals surface area contributed by atoms with E-state index < -0.39 is 35.0 Å². The Balaban J connectivity index is 1.36. The second-order valence-corrected chi connectivity index (χ2v) is 13.2. The SMILES string of the molecule is COc1cc([C@H]2C3=CC[C@@H]4C(=O)N(Cc5ccccc5)C(=O)[C@@H]4[C@@H]3C[C@H]3C(=O)N(c4ccccc4)C(=O)[C@@]23C)cc(Br)c1O. The van der Waals surface area contributed by atoms with E-state index >= 15 is 0 Å². The van der Waals surface area contributed by atoms with Crippen LogP contribution in [0.5, 0.6) is 11.5 Å². The van der Waals surface area contributed by atoms with Gasteiger partial charge in [0, 0.05) is 5.92 Å². The summed E-state index contributed by atoms with van der Waals surface area (Å²) in [5, 5.41) is 10.6. The van der Waals surface area contributed by atoms with Gasteiger partial charge in [-0.1, -0.05) is 60.2 Å². The van der Waals surface area contributed by atoms with Crippen LogP contribution in [0, 0.1) is 29.1 Å². The standard InChI is InChI=1S/C35H31BrN2O6/c1-35-25(32(41)38(34(35)43)21-11-7-4-8-12-21)17-24-22(29(35)20-15-26(36)30(39)27(16-20)44-2)13-14-23-28(24)33(42)37(31(23)40)18-19-9-5-3-6-10-19/h3-13,15-16,23-25,28-29,39H,14,17-18H2,1-2H3/t23-,24+,25-,28-,29-,35+/m0/s1. The molecule has 6 atom stereocenters. The van der Waals surface area contributed by atoms with Crippen molar-refractivity contribution in [1.29, 1.82) is 0 Å². The van der Waals surface area contributed by atoms with Gasteiger partial charge in [0.2, 0.25) is 23.6 Å². The average molecular weight is 656 g/mol. The molecule has 0 spiro atoms. The summed E-state index contributed by atoms with van der Waals surface area (Å²) < 4.78 is 5.87. The van der Waals surface area contributed by atoms with E-state index in [1.807, 2.05) is 49.4 Å². The molecule has 3 aromatic carbocycles. The Morgan fingerprint density at radius 1 is 0.932 bits per heavy atom. The fourth-order valence-electron chi connectivity index (χ4n) is 8.12. The predicted molar refractivity (Wildman–Crippen MR) is 165 cm³/mol. The lowest BCUT2D eigenvalue weighted by Crippen LogP contribution is -2.48. The first kappa shape index (κ1) is 28.5. The minimum atomic E-state index is -1.18. The molecule has 8 nitrogen and oxygen atoms in total. The van der Waals surface area contributed by atoms with Crippen LogP contribution >= 0.6 is 15.9 Å². The summed E-state index contributed by atoms with van der Waals surface area (Å²) in [4.78, 5) is 59.2. The monoisotopic (exact) mass is 654 g/mol. The number of hydrogen-bond donors (Lipinski definition) is 1. The van der Waals surface area contributed by atoms with Crippen molar-refractivity contribution in [1.82, 2.24) is 4.90 Å². The second kappa shape index (κ2) is 10.4. The maximum atomic E-state index is 14.5. The lowest BCUT2D eigenvalue weighted by Gasteiger charge is -2.49. The topological polar surface area (TPSA) is 104 Å². The summed E-state index contributed by atoms with van der Waals surface area (Å²) in [5.41, 5.74) is 1.74. The van der Waals surface area contributed by atoms with Crippen LogP contribution in [0.15, 0.2) is 88.9 Å². The van der Waals surface area contributed by atoms with Crippen LogP contribution in [0.3, 0.4) is 0 Å². The maximum absolute atomic E-state index is 14.5. The predicted octanol–water partition coefficient (Wildman–Crippen LogP) is 5.59. The Kier molecular flexibility index (Phi) is 6.77. The molecule has 2 saturated heterocycles. The van der Waals surface area contributed by atoms with Gasteiger partial charge >= 0.3 is 0 Å². The molecule has 3 fully saturated rings. The van der Waals surface area contributed by atoms with Crippen molar-refractivity contribution < 1.29 is 29.0 Å². The molecule has 1 N–H and O–H groups in total. The number of rotatable bonds is 5. The van der Waals surface area contributed by atoms with Crippen molar-refractivity contribution in [3.63, 3.8) is 0 Å². The van der Waals surface area contributed by atoms with Crippen molar-refractivity contribution >= 4 is 45.2 Å². The summed E-state index contributed by atoms with van der Waals surface area (Å²) in [6.45, 7) is 2.03. The zero-order valence-electron chi connectivity index (χ0n) is 24.3. The molecule has 0 aromatic heterocycles. The Hall–Kier alpha value is -4.24. The number of carbonyl (C=O) groups is 4. The highest BCUT2D eigenvalue weighted by Gasteiger charge is 2.67. The number of likely N-dealkylation sites (tertiary alicyclic amines) is 1. The Morgan fingerprint density at radius 2 is 1.61 bits per heavy atom. The van der Waals surface area contributed by atoms with E-state index in [9.17, 15) is 24.3 Å². The van der Waals surface area contributed by atoms with Gasteiger partial charge in [-0.3, -0.25) is 24.1 Å². The number of ether oxygens (including phenoxy) is 1. The molecule has 2 aliphatic carbocycles. The number of imide groups is 2. The molecule has 0 radical (unpaired) electrons.